The van der Waals surface area contributed by atoms with Crippen molar-refractivity contribution < 1.29 is 27.7 Å². The largest absolute Gasteiger partial charge is 0.452 e. The quantitative estimate of drug-likeness (QED) is 0.402. The smallest absolute Gasteiger partial charge is 0.339 e. The zero-order valence-corrected chi connectivity index (χ0v) is 15.6. The Labute approximate surface area is 156 Å². The van der Waals surface area contributed by atoms with E-state index in [-0.39, 0.29) is 40.4 Å². The van der Waals surface area contributed by atoms with Gasteiger partial charge in [0, 0.05) is 23.7 Å². The molecule has 1 aliphatic carbocycles. The fourth-order valence-electron chi connectivity index (χ4n) is 3.37. The van der Waals surface area contributed by atoms with Gasteiger partial charge < -0.3 is 9.64 Å². The summed E-state index contributed by atoms with van der Waals surface area (Å²) in [6, 6.07) is 3.68. The highest BCUT2D eigenvalue weighted by Gasteiger charge is 2.42. The number of nitro groups is 1. The van der Waals surface area contributed by atoms with E-state index in [1.54, 1.807) is 0 Å². The molecule has 1 saturated heterocycles. The van der Waals surface area contributed by atoms with E-state index in [2.05, 4.69) is 0 Å². The summed E-state index contributed by atoms with van der Waals surface area (Å²) in [6.45, 7) is 0.921. The first-order chi connectivity index (χ1) is 12.7. The number of amides is 1. The molecule has 1 heterocycles. The van der Waals surface area contributed by atoms with Gasteiger partial charge in [-0.05, 0) is 32.3 Å². The molecule has 9 nitrogen and oxygen atoms in total. The average molecular weight is 396 g/mol. The van der Waals surface area contributed by atoms with Crippen molar-refractivity contribution in [3.63, 3.8) is 0 Å². The molecule has 3 rings (SSSR count). The topological polar surface area (TPSA) is 124 Å². The Morgan fingerprint density at radius 3 is 2.52 bits per heavy atom. The molecular formula is C17H20N2O7S. The van der Waals surface area contributed by atoms with Crippen LogP contribution in [0.2, 0.25) is 0 Å². The molecule has 1 amide bonds. The lowest BCUT2D eigenvalue weighted by Gasteiger charge is -2.28. The number of ether oxygens (including phenoxy) is 1. The maximum Gasteiger partial charge on any atom is 0.339 e. The van der Waals surface area contributed by atoms with Crippen molar-refractivity contribution >= 4 is 27.4 Å². The van der Waals surface area contributed by atoms with Crippen LogP contribution in [-0.4, -0.2) is 60.3 Å². The summed E-state index contributed by atoms with van der Waals surface area (Å²) >= 11 is 0. The van der Waals surface area contributed by atoms with Crippen LogP contribution in [0.3, 0.4) is 0 Å². The number of sulfone groups is 1. The molecule has 0 bridgehead atoms. The monoisotopic (exact) mass is 396 g/mol. The van der Waals surface area contributed by atoms with Gasteiger partial charge in [0.25, 0.3) is 11.6 Å². The standard InChI is InChI=1S/C17H20N2O7S/c1-11-14(3-2-4-15(11)19(22)23)17(21)26-9-16(20)18(12-5-6-12)13-7-8-27(24,25)10-13/h2-4,12-13H,5-10H2,1H3/t13-/m1/s1. The normalized spacial score (nSPS) is 20.9. The van der Waals surface area contributed by atoms with Gasteiger partial charge >= 0.3 is 5.97 Å². The maximum atomic E-state index is 12.6. The first-order valence-corrected chi connectivity index (χ1v) is 10.4. The summed E-state index contributed by atoms with van der Waals surface area (Å²) in [5.41, 5.74) is -0.00848. The first kappa shape index (κ1) is 19.3. The third-order valence-electron chi connectivity index (χ3n) is 4.88. The van der Waals surface area contributed by atoms with Crippen molar-refractivity contribution in [2.75, 3.05) is 18.1 Å². The molecule has 27 heavy (non-hydrogen) atoms. The van der Waals surface area contributed by atoms with Crippen LogP contribution in [0.25, 0.3) is 0 Å². The Morgan fingerprint density at radius 2 is 1.96 bits per heavy atom. The molecular weight excluding hydrogens is 376 g/mol. The van der Waals surface area contributed by atoms with Crippen LogP contribution in [0.5, 0.6) is 0 Å². The Hall–Kier alpha value is -2.49. The molecule has 10 heteroatoms. The number of rotatable bonds is 6. The van der Waals surface area contributed by atoms with Gasteiger partial charge in [0.2, 0.25) is 0 Å². The van der Waals surface area contributed by atoms with Gasteiger partial charge in [-0.3, -0.25) is 14.9 Å². The van der Waals surface area contributed by atoms with Gasteiger partial charge in [-0.15, -0.1) is 0 Å². The number of nitro benzene ring substituents is 1. The third-order valence-corrected chi connectivity index (χ3v) is 6.63. The average Bonchev–Trinajstić information content (AvgIpc) is 3.36. The molecule has 1 aromatic carbocycles. The van der Waals surface area contributed by atoms with Gasteiger partial charge in [0.15, 0.2) is 16.4 Å². The van der Waals surface area contributed by atoms with E-state index in [1.807, 2.05) is 0 Å². The summed E-state index contributed by atoms with van der Waals surface area (Å²) < 4.78 is 28.5. The summed E-state index contributed by atoms with van der Waals surface area (Å²) in [7, 11) is -3.14. The van der Waals surface area contributed by atoms with Gasteiger partial charge in [-0.2, -0.15) is 0 Å². The van der Waals surface area contributed by atoms with Crippen molar-refractivity contribution in [1.82, 2.24) is 4.90 Å². The number of hydrogen-bond acceptors (Lipinski definition) is 7. The first-order valence-electron chi connectivity index (χ1n) is 8.62. The maximum absolute atomic E-state index is 12.6. The van der Waals surface area contributed by atoms with E-state index >= 15 is 0 Å². The number of carbonyl (C=O) groups is 2. The van der Waals surface area contributed by atoms with E-state index in [0.717, 1.165) is 12.8 Å². The number of benzene rings is 1. The van der Waals surface area contributed by atoms with Crippen molar-refractivity contribution in [3.05, 3.63) is 39.4 Å². The molecule has 0 aromatic heterocycles. The molecule has 0 radical (unpaired) electrons. The lowest BCUT2D eigenvalue weighted by atomic mass is 10.1. The molecule has 1 aliphatic heterocycles. The van der Waals surface area contributed by atoms with E-state index in [4.69, 9.17) is 4.74 Å². The molecule has 0 unspecified atom stereocenters. The summed E-state index contributed by atoms with van der Waals surface area (Å²) in [5.74, 6) is -1.26. The van der Waals surface area contributed by atoms with Crippen LogP contribution in [0.1, 0.15) is 35.2 Å². The summed E-state index contributed by atoms with van der Waals surface area (Å²) in [4.78, 5) is 36.8. The SMILES string of the molecule is Cc1c(C(=O)OCC(=O)N(C2CC2)[C@@H]2CCS(=O)(=O)C2)cccc1[N+](=O)[O-]. The van der Waals surface area contributed by atoms with Crippen LogP contribution in [0.15, 0.2) is 18.2 Å². The summed E-state index contributed by atoms with van der Waals surface area (Å²) in [5, 5.41) is 11.0. The Bertz CT molecular complexity index is 893. The second-order valence-electron chi connectivity index (χ2n) is 6.87. The van der Waals surface area contributed by atoms with E-state index in [1.165, 1.54) is 30.0 Å². The number of carbonyl (C=O) groups excluding carboxylic acids is 2. The highest BCUT2D eigenvalue weighted by atomic mass is 32.2. The fraction of sp³-hybridized carbons (Fsp3) is 0.529. The Kier molecular flexibility index (Phi) is 5.18. The van der Waals surface area contributed by atoms with Crippen molar-refractivity contribution in [1.29, 1.82) is 0 Å². The Balaban J connectivity index is 1.67. The van der Waals surface area contributed by atoms with Crippen LogP contribution in [0.4, 0.5) is 5.69 Å². The third kappa shape index (κ3) is 4.26. The Morgan fingerprint density at radius 1 is 1.26 bits per heavy atom. The van der Waals surface area contributed by atoms with Crippen LogP contribution in [-0.2, 0) is 19.4 Å². The molecule has 1 aromatic rings. The molecule has 2 aliphatic rings. The molecule has 2 fully saturated rings. The van der Waals surface area contributed by atoms with Crippen LogP contribution >= 0.6 is 0 Å². The number of esters is 1. The molecule has 1 saturated carbocycles. The lowest BCUT2D eigenvalue weighted by molar-refractivity contribution is -0.385. The molecule has 0 spiro atoms. The van der Waals surface area contributed by atoms with E-state index < -0.39 is 33.2 Å². The van der Waals surface area contributed by atoms with Gasteiger partial charge in [0.1, 0.15) is 0 Å². The summed E-state index contributed by atoms with van der Waals surface area (Å²) in [6.07, 6.45) is 2.00. The van der Waals surface area contributed by atoms with Crippen LogP contribution in [0, 0.1) is 17.0 Å². The molecule has 146 valence electrons. The van der Waals surface area contributed by atoms with Crippen molar-refractivity contribution in [2.45, 2.75) is 38.3 Å². The van der Waals surface area contributed by atoms with Gasteiger partial charge in [0.05, 0.1) is 22.0 Å². The zero-order valence-electron chi connectivity index (χ0n) is 14.8. The number of hydrogen-bond donors (Lipinski definition) is 0. The van der Waals surface area contributed by atoms with E-state index in [0.29, 0.717) is 6.42 Å². The highest BCUT2D eigenvalue weighted by molar-refractivity contribution is 7.91. The van der Waals surface area contributed by atoms with Crippen molar-refractivity contribution in [3.8, 4) is 0 Å². The predicted octanol–water partition coefficient (Wildman–Crippen LogP) is 1.24. The van der Waals surface area contributed by atoms with Crippen LogP contribution < -0.4 is 0 Å². The lowest BCUT2D eigenvalue weighted by Crippen LogP contribution is -2.44. The fourth-order valence-corrected chi connectivity index (χ4v) is 5.09. The number of nitrogens with zero attached hydrogens (tertiary/aromatic N) is 2. The second-order valence-corrected chi connectivity index (χ2v) is 9.10. The van der Waals surface area contributed by atoms with E-state index in [9.17, 15) is 28.1 Å². The zero-order chi connectivity index (χ0) is 19.8. The minimum Gasteiger partial charge on any atom is -0.452 e. The molecule has 0 N–H and O–H groups in total. The second kappa shape index (κ2) is 7.26. The van der Waals surface area contributed by atoms with Gasteiger partial charge in [-0.25, -0.2) is 13.2 Å². The predicted molar refractivity (Wildman–Crippen MR) is 95.0 cm³/mol. The van der Waals surface area contributed by atoms with Crippen molar-refractivity contribution in [2.24, 2.45) is 0 Å². The minimum atomic E-state index is -3.14. The highest BCUT2D eigenvalue weighted by Crippen LogP contribution is 2.32. The minimum absolute atomic E-state index is 0.00551. The van der Waals surface area contributed by atoms with Gasteiger partial charge in [-0.1, -0.05) is 6.07 Å². The molecule has 1 atom stereocenters.